The fraction of sp³-hybridized carbons (Fsp3) is 0.400. The molecule has 1 unspecified atom stereocenters. The van der Waals surface area contributed by atoms with E-state index >= 15 is 0 Å². The molecule has 0 saturated heterocycles. The zero-order valence-corrected chi connectivity index (χ0v) is 11.7. The Morgan fingerprint density at radius 2 is 1.90 bits per heavy atom. The Kier molecular flexibility index (Phi) is 2.83. The molecule has 0 radical (unpaired) electrons. The fourth-order valence-electron chi connectivity index (χ4n) is 2.68. The first-order chi connectivity index (χ1) is 9.70. The number of nitrogens with one attached hydrogen (secondary N) is 1. The van der Waals surface area contributed by atoms with E-state index < -0.39 is 17.3 Å². The number of alkyl halides is 3. The zero-order chi connectivity index (χ0) is 15.4. The van der Waals surface area contributed by atoms with E-state index in [1.165, 1.54) is 24.3 Å². The number of hydrogen-bond donors (Lipinski definition) is 1. The van der Waals surface area contributed by atoms with Crippen molar-refractivity contribution in [1.82, 2.24) is 9.78 Å². The fourth-order valence-corrected chi connectivity index (χ4v) is 2.68. The van der Waals surface area contributed by atoms with Gasteiger partial charge in [0, 0.05) is 17.7 Å². The van der Waals surface area contributed by atoms with Crippen LogP contribution in [0.25, 0.3) is 5.69 Å². The highest BCUT2D eigenvalue weighted by molar-refractivity contribution is 5.42. The van der Waals surface area contributed by atoms with Crippen molar-refractivity contribution in [1.29, 1.82) is 0 Å². The lowest BCUT2D eigenvalue weighted by Gasteiger charge is -2.12. The van der Waals surface area contributed by atoms with E-state index in [4.69, 9.17) is 0 Å². The van der Waals surface area contributed by atoms with Crippen LogP contribution in [0.3, 0.4) is 0 Å². The minimum atomic E-state index is -4.50. The molecule has 112 valence electrons. The van der Waals surface area contributed by atoms with Gasteiger partial charge in [-0.1, -0.05) is 26.0 Å². The van der Waals surface area contributed by atoms with Gasteiger partial charge in [-0.05, 0) is 24.0 Å². The largest absolute Gasteiger partial charge is 0.418 e. The number of rotatable bonds is 2. The van der Waals surface area contributed by atoms with Gasteiger partial charge in [0.25, 0.3) is 5.56 Å². The summed E-state index contributed by atoms with van der Waals surface area (Å²) in [5, 5.41) is 2.83. The SMILES string of the molecule is CC1(C)CC1c1cc(=O)n(-c2ccccc2C(F)(F)F)[nH]1. The van der Waals surface area contributed by atoms with Crippen LogP contribution in [-0.4, -0.2) is 9.78 Å². The maximum atomic E-state index is 13.0. The van der Waals surface area contributed by atoms with E-state index in [9.17, 15) is 18.0 Å². The Balaban J connectivity index is 2.09. The van der Waals surface area contributed by atoms with Crippen LogP contribution in [0.4, 0.5) is 13.2 Å². The summed E-state index contributed by atoms with van der Waals surface area (Å²) in [4.78, 5) is 12.0. The Labute approximate surface area is 119 Å². The summed E-state index contributed by atoms with van der Waals surface area (Å²) in [5.41, 5.74) is -0.666. The quantitative estimate of drug-likeness (QED) is 0.901. The van der Waals surface area contributed by atoms with Crippen LogP contribution in [0.15, 0.2) is 35.1 Å². The van der Waals surface area contributed by atoms with Gasteiger partial charge in [0.15, 0.2) is 0 Å². The third-order valence-electron chi connectivity index (χ3n) is 4.08. The van der Waals surface area contributed by atoms with E-state index in [0.29, 0.717) is 5.69 Å². The van der Waals surface area contributed by atoms with Crippen LogP contribution < -0.4 is 5.56 Å². The van der Waals surface area contributed by atoms with Crippen LogP contribution in [0.1, 0.15) is 37.4 Å². The van der Waals surface area contributed by atoms with Crippen LogP contribution in [0.5, 0.6) is 0 Å². The maximum Gasteiger partial charge on any atom is 0.418 e. The Morgan fingerprint density at radius 3 is 2.48 bits per heavy atom. The van der Waals surface area contributed by atoms with Crippen molar-refractivity contribution in [2.75, 3.05) is 0 Å². The molecule has 1 heterocycles. The molecule has 1 N–H and O–H groups in total. The average Bonchev–Trinajstić information content (AvgIpc) is 2.85. The van der Waals surface area contributed by atoms with E-state index in [-0.39, 0.29) is 17.0 Å². The molecule has 0 aliphatic heterocycles. The third kappa shape index (κ3) is 2.39. The first-order valence-electron chi connectivity index (χ1n) is 6.69. The van der Waals surface area contributed by atoms with Crippen LogP contribution in [-0.2, 0) is 6.18 Å². The van der Waals surface area contributed by atoms with Gasteiger partial charge >= 0.3 is 6.18 Å². The topological polar surface area (TPSA) is 37.8 Å². The molecule has 1 aromatic carbocycles. The Morgan fingerprint density at radius 1 is 1.29 bits per heavy atom. The highest BCUT2D eigenvalue weighted by atomic mass is 19.4. The van der Waals surface area contributed by atoms with E-state index in [1.807, 2.05) is 0 Å². The highest BCUT2D eigenvalue weighted by Gasteiger charge is 2.47. The molecule has 0 amide bonds. The molecule has 2 aromatic rings. The molecule has 0 bridgehead atoms. The van der Waals surface area contributed by atoms with Crippen molar-refractivity contribution in [3.8, 4) is 5.69 Å². The van der Waals surface area contributed by atoms with Crippen molar-refractivity contribution in [3.05, 3.63) is 51.9 Å². The first-order valence-corrected chi connectivity index (χ1v) is 6.69. The summed E-state index contributed by atoms with van der Waals surface area (Å²) in [5.74, 6) is 0.199. The zero-order valence-electron chi connectivity index (χ0n) is 11.7. The maximum absolute atomic E-state index is 13.0. The van der Waals surface area contributed by atoms with Crippen LogP contribution >= 0.6 is 0 Å². The predicted molar refractivity (Wildman–Crippen MR) is 72.5 cm³/mol. The molecule has 3 nitrogen and oxygen atoms in total. The summed E-state index contributed by atoms with van der Waals surface area (Å²) in [6.45, 7) is 4.13. The van der Waals surface area contributed by atoms with Gasteiger partial charge in [0.1, 0.15) is 0 Å². The number of H-pyrrole nitrogens is 1. The molecular formula is C15H15F3N2O. The summed E-state index contributed by atoms with van der Waals surface area (Å²) in [6, 6.07) is 6.46. The molecule has 3 rings (SSSR count). The lowest BCUT2D eigenvalue weighted by molar-refractivity contribution is -0.137. The van der Waals surface area contributed by atoms with E-state index in [1.54, 1.807) is 0 Å². The Bertz CT molecular complexity index is 740. The number of halogens is 3. The van der Waals surface area contributed by atoms with Gasteiger partial charge in [-0.25, -0.2) is 4.68 Å². The van der Waals surface area contributed by atoms with Crippen molar-refractivity contribution < 1.29 is 13.2 Å². The molecule has 6 heteroatoms. The van der Waals surface area contributed by atoms with Crippen LogP contribution in [0.2, 0.25) is 0 Å². The standard InChI is InChI=1S/C15H15F3N2O/c1-14(2)8-10(14)11-7-13(21)20(19-11)12-6-4-3-5-9(12)15(16,17)18/h3-7,10,19H,8H2,1-2H3. The van der Waals surface area contributed by atoms with Crippen molar-refractivity contribution in [2.45, 2.75) is 32.4 Å². The lowest BCUT2D eigenvalue weighted by atomic mass is 10.1. The van der Waals surface area contributed by atoms with Crippen LogP contribution in [0, 0.1) is 5.41 Å². The van der Waals surface area contributed by atoms with Crippen molar-refractivity contribution in [3.63, 3.8) is 0 Å². The number of aromatic nitrogens is 2. The molecule has 0 spiro atoms. The molecule has 1 aliphatic rings. The second kappa shape index (κ2) is 4.26. The number of hydrogen-bond acceptors (Lipinski definition) is 1. The highest BCUT2D eigenvalue weighted by Crippen LogP contribution is 2.57. The summed E-state index contributed by atoms with van der Waals surface area (Å²) < 4.78 is 40.1. The molecule has 1 saturated carbocycles. The average molecular weight is 296 g/mol. The minimum absolute atomic E-state index is 0.0959. The number of nitrogens with zero attached hydrogens (tertiary/aromatic N) is 1. The van der Waals surface area contributed by atoms with Crippen molar-refractivity contribution in [2.24, 2.45) is 5.41 Å². The second-order valence-electron chi connectivity index (χ2n) is 6.15. The van der Waals surface area contributed by atoms with Gasteiger partial charge in [-0.3, -0.25) is 9.89 Å². The van der Waals surface area contributed by atoms with E-state index in [2.05, 4.69) is 18.9 Å². The van der Waals surface area contributed by atoms with E-state index in [0.717, 1.165) is 17.2 Å². The first kappa shape index (κ1) is 14.0. The second-order valence-corrected chi connectivity index (χ2v) is 6.15. The molecule has 1 aliphatic carbocycles. The smallest absolute Gasteiger partial charge is 0.295 e. The normalized spacial score (nSPS) is 20.5. The van der Waals surface area contributed by atoms with Gasteiger partial charge in [-0.2, -0.15) is 13.2 Å². The van der Waals surface area contributed by atoms with Crippen molar-refractivity contribution >= 4 is 0 Å². The lowest BCUT2D eigenvalue weighted by Crippen LogP contribution is -2.18. The third-order valence-corrected chi connectivity index (χ3v) is 4.08. The van der Waals surface area contributed by atoms with Gasteiger partial charge in [0.2, 0.25) is 0 Å². The molecule has 1 aromatic heterocycles. The predicted octanol–water partition coefficient (Wildman–Crippen LogP) is 3.70. The minimum Gasteiger partial charge on any atom is -0.295 e. The molecular weight excluding hydrogens is 281 g/mol. The number of para-hydroxylation sites is 1. The van der Waals surface area contributed by atoms with Gasteiger partial charge in [-0.15, -0.1) is 0 Å². The number of aromatic amines is 1. The summed E-state index contributed by atoms with van der Waals surface area (Å²) in [7, 11) is 0. The molecule has 21 heavy (non-hydrogen) atoms. The molecule has 1 atom stereocenters. The van der Waals surface area contributed by atoms with Gasteiger partial charge < -0.3 is 0 Å². The Hall–Kier alpha value is -1.98. The summed E-state index contributed by atoms with van der Waals surface area (Å²) in [6.07, 6.45) is -3.58. The summed E-state index contributed by atoms with van der Waals surface area (Å²) >= 11 is 0. The number of benzene rings is 1. The monoisotopic (exact) mass is 296 g/mol. The van der Waals surface area contributed by atoms with Gasteiger partial charge in [0.05, 0.1) is 11.3 Å². The molecule has 1 fully saturated rings.